The lowest BCUT2D eigenvalue weighted by Crippen LogP contribution is -1.96. The van der Waals surface area contributed by atoms with Gasteiger partial charge in [0.05, 0.1) is 19.9 Å². The van der Waals surface area contributed by atoms with Crippen LogP contribution in [-0.4, -0.2) is 29.9 Å². The predicted molar refractivity (Wildman–Crippen MR) is 107 cm³/mol. The number of hydrogen-bond donors (Lipinski definition) is 0. The molecule has 2 aromatic heterocycles. The second kappa shape index (κ2) is 6.89. The van der Waals surface area contributed by atoms with Crippen molar-refractivity contribution < 1.29 is 14.3 Å². The van der Waals surface area contributed by atoms with Crippen LogP contribution in [0, 0.1) is 6.92 Å². The van der Waals surface area contributed by atoms with Gasteiger partial charge in [0.1, 0.15) is 22.9 Å². The number of nitrogens with zero attached hydrogens (tertiary/aromatic N) is 2. The van der Waals surface area contributed by atoms with E-state index in [4.69, 9.17) is 14.5 Å². The molecule has 0 saturated heterocycles. The normalized spacial score (nSPS) is 10.9. The topological polar surface area (TPSA) is 52.8 Å². The van der Waals surface area contributed by atoms with Crippen molar-refractivity contribution >= 4 is 22.6 Å². The summed E-state index contributed by atoms with van der Waals surface area (Å²) in [7, 11) is 3.26. The van der Waals surface area contributed by atoms with Crippen molar-refractivity contribution in [2.24, 2.45) is 0 Å². The lowest BCUT2D eigenvalue weighted by atomic mass is 10.1. The first kappa shape index (κ1) is 17.3. The third kappa shape index (κ3) is 2.78. The van der Waals surface area contributed by atoms with Gasteiger partial charge >= 0.3 is 0 Å². The van der Waals surface area contributed by atoms with Gasteiger partial charge in [-0.2, -0.15) is 0 Å². The molecule has 5 nitrogen and oxygen atoms in total. The average Bonchev–Trinajstić information content (AvgIpc) is 3.22. The Morgan fingerprint density at radius 1 is 1.04 bits per heavy atom. The highest BCUT2D eigenvalue weighted by molar-refractivity contribution is 7.17. The Morgan fingerprint density at radius 3 is 2.44 bits per heavy atom. The molecule has 0 spiro atoms. The van der Waals surface area contributed by atoms with Crippen molar-refractivity contribution in [1.29, 1.82) is 0 Å². The summed E-state index contributed by atoms with van der Waals surface area (Å²) < 4.78 is 12.6. The zero-order valence-electron chi connectivity index (χ0n) is 15.2. The number of thiazole rings is 1. The molecule has 0 atom stereocenters. The van der Waals surface area contributed by atoms with E-state index in [9.17, 15) is 4.79 Å². The van der Waals surface area contributed by atoms with E-state index in [0.29, 0.717) is 17.1 Å². The Kier molecular flexibility index (Phi) is 4.41. The third-order valence-corrected chi connectivity index (χ3v) is 5.48. The summed E-state index contributed by atoms with van der Waals surface area (Å²) in [6.07, 6.45) is 0.862. The number of aromatic nitrogens is 2. The summed E-state index contributed by atoms with van der Waals surface area (Å²) in [6.45, 7) is 2.04. The van der Waals surface area contributed by atoms with Crippen molar-refractivity contribution in [1.82, 2.24) is 9.38 Å². The van der Waals surface area contributed by atoms with Crippen LogP contribution in [0.5, 0.6) is 11.5 Å². The molecule has 4 rings (SSSR count). The second-order valence-corrected chi connectivity index (χ2v) is 7.20. The monoisotopic (exact) mass is 378 g/mol. The first-order valence-corrected chi connectivity index (χ1v) is 9.24. The molecule has 0 bridgehead atoms. The molecule has 0 aliphatic carbocycles. The summed E-state index contributed by atoms with van der Waals surface area (Å²) in [5, 5.41) is 0. The number of benzene rings is 2. The third-order valence-electron chi connectivity index (χ3n) is 4.52. The first-order chi connectivity index (χ1) is 13.2. The summed E-state index contributed by atoms with van der Waals surface area (Å²) in [4.78, 5) is 18.7. The number of ether oxygens (including phenoxy) is 2. The van der Waals surface area contributed by atoms with E-state index in [2.05, 4.69) is 0 Å². The number of rotatable bonds is 5. The van der Waals surface area contributed by atoms with Crippen LogP contribution in [0.2, 0.25) is 0 Å². The van der Waals surface area contributed by atoms with Gasteiger partial charge in [-0.1, -0.05) is 12.1 Å². The Balaban J connectivity index is 1.98. The Hall–Kier alpha value is -3.12. The number of fused-ring (bicyclic) bond motifs is 1. The maximum atomic E-state index is 12.1. The zero-order valence-corrected chi connectivity index (χ0v) is 16.0. The van der Waals surface area contributed by atoms with Crippen LogP contribution >= 0.6 is 11.3 Å². The summed E-state index contributed by atoms with van der Waals surface area (Å²) >= 11 is 1.56. The number of aryl methyl sites for hydroxylation is 1. The fourth-order valence-electron chi connectivity index (χ4n) is 3.27. The van der Waals surface area contributed by atoms with Crippen molar-refractivity contribution in [3.05, 3.63) is 59.1 Å². The van der Waals surface area contributed by atoms with Gasteiger partial charge < -0.3 is 9.47 Å². The van der Waals surface area contributed by atoms with Gasteiger partial charge in [-0.3, -0.25) is 9.20 Å². The molecule has 0 N–H and O–H groups in total. The molecule has 0 unspecified atom stereocenters. The largest absolute Gasteiger partial charge is 0.497 e. The van der Waals surface area contributed by atoms with E-state index in [1.54, 1.807) is 25.6 Å². The highest BCUT2D eigenvalue weighted by Gasteiger charge is 2.22. The summed E-state index contributed by atoms with van der Waals surface area (Å²) in [5.74, 6) is 1.48. The van der Waals surface area contributed by atoms with Crippen LogP contribution in [0.3, 0.4) is 0 Å². The number of imidazole rings is 1. The van der Waals surface area contributed by atoms with Gasteiger partial charge in [-0.15, -0.1) is 11.3 Å². The van der Waals surface area contributed by atoms with Crippen LogP contribution < -0.4 is 9.47 Å². The molecule has 0 aliphatic heterocycles. The van der Waals surface area contributed by atoms with Gasteiger partial charge in [0.2, 0.25) is 0 Å². The number of carbonyl (C=O) groups is 1. The van der Waals surface area contributed by atoms with Crippen molar-refractivity contribution in [3.63, 3.8) is 0 Å². The maximum absolute atomic E-state index is 12.1. The molecule has 0 amide bonds. The number of aldehydes is 1. The van der Waals surface area contributed by atoms with Crippen molar-refractivity contribution in [2.45, 2.75) is 6.92 Å². The van der Waals surface area contributed by atoms with Gasteiger partial charge in [0, 0.05) is 10.4 Å². The Labute approximate surface area is 160 Å². The summed E-state index contributed by atoms with van der Waals surface area (Å²) in [5.41, 5.74) is 3.92. The molecule has 0 saturated carbocycles. The molecule has 27 heavy (non-hydrogen) atoms. The molecule has 0 radical (unpaired) electrons. The van der Waals surface area contributed by atoms with Crippen LogP contribution in [0.1, 0.15) is 15.4 Å². The lowest BCUT2D eigenvalue weighted by Gasteiger charge is -2.08. The van der Waals surface area contributed by atoms with E-state index < -0.39 is 0 Å². The minimum Gasteiger partial charge on any atom is -0.497 e. The number of carbonyl (C=O) groups excluding carboxylic acids is 1. The lowest BCUT2D eigenvalue weighted by molar-refractivity contribution is 0.111. The SMILES string of the molecule is COc1ccc(-c2c(C)sc3nc(-c4ccccc4OC)c(C=O)n23)cc1. The Bertz CT molecular complexity index is 1130. The fraction of sp³-hybridized carbons (Fsp3) is 0.143. The standard InChI is InChI=1S/C21H18N2O3S/c1-13-20(14-8-10-15(25-2)11-9-14)23-17(12-24)19(22-21(23)27-13)16-6-4-5-7-18(16)26-3/h4-12H,1-3H3. The molecule has 0 aliphatic rings. The molecule has 2 heterocycles. The van der Waals surface area contributed by atoms with Gasteiger partial charge in [0.15, 0.2) is 11.2 Å². The average molecular weight is 378 g/mol. The predicted octanol–water partition coefficient (Wildman–Crippen LogP) is 4.87. The van der Waals surface area contributed by atoms with E-state index in [1.807, 2.05) is 59.9 Å². The van der Waals surface area contributed by atoms with Crippen molar-refractivity contribution in [3.8, 4) is 34.0 Å². The molecule has 0 fully saturated rings. The van der Waals surface area contributed by atoms with Crippen LogP contribution in [0.15, 0.2) is 48.5 Å². The first-order valence-electron chi connectivity index (χ1n) is 8.42. The van der Waals surface area contributed by atoms with Crippen LogP contribution in [-0.2, 0) is 0 Å². The fourth-order valence-corrected chi connectivity index (χ4v) is 4.26. The molecule has 2 aromatic carbocycles. The van der Waals surface area contributed by atoms with E-state index in [-0.39, 0.29) is 0 Å². The molecule has 4 aromatic rings. The zero-order chi connectivity index (χ0) is 19.0. The number of methoxy groups -OCH3 is 2. The minimum atomic E-state index is 0.518. The minimum absolute atomic E-state index is 0.518. The molecular formula is C21H18N2O3S. The number of para-hydroxylation sites is 1. The van der Waals surface area contributed by atoms with Crippen LogP contribution in [0.4, 0.5) is 0 Å². The Morgan fingerprint density at radius 2 is 1.78 bits per heavy atom. The van der Waals surface area contributed by atoms with Gasteiger partial charge in [-0.05, 0) is 48.9 Å². The number of hydrogen-bond acceptors (Lipinski definition) is 5. The van der Waals surface area contributed by atoms with Crippen molar-refractivity contribution in [2.75, 3.05) is 14.2 Å². The second-order valence-electron chi connectivity index (χ2n) is 6.02. The molecule has 136 valence electrons. The molecule has 6 heteroatoms. The quantitative estimate of drug-likeness (QED) is 0.465. The highest BCUT2D eigenvalue weighted by atomic mass is 32.1. The highest BCUT2D eigenvalue weighted by Crippen LogP contribution is 2.38. The summed E-state index contributed by atoms with van der Waals surface area (Å²) in [6, 6.07) is 15.4. The molecular weight excluding hydrogens is 360 g/mol. The van der Waals surface area contributed by atoms with E-state index in [0.717, 1.165) is 38.7 Å². The van der Waals surface area contributed by atoms with Gasteiger partial charge in [-0.25, -0.2) is 4.98 Å². The van der Waals surface area contributed by atoms with E-state index >= 15 is 0 Å². The smallest absolute Gasteiger partial charge is 0.195 e. The maximum Gasteiger partial charge on any atom is 0.195 e. The van der Waals surface area contributed by atoms with Crippen LogP contribution in [0.25, 0.3) is 27.5 Å². The van der Waals surface area contributed by atoms with E-state index in [1.165, 1.54) is 0 Å². The van der Waals surface area contributed by atoms with Gasteiger partial charge in [0.25, 0.3) is 0 Å².